The van der Waals surface area contributed by atoms with Crippen molar-refractivity contribution in [2.75, 3.05) is 12.4 Å². The van der Waals surface area contributed by atoms with E-state index in [-0.39, 0.29) is 11.1 Å². The lowest BCUT2D eigenvalue weighted by atomic mass is 9.77. The second-order valence-electron chi connectivity index (χ2n) is 10.6. The second kappa shape index (κ2) is 11.3. The molecule has 6 aromatic rings. The molecule has 0 amide bonds. The summed E-state index contributed by atoms with van der Waals surface area (Å²) in [6.07, 6.45) is -0.499. The van der Waals surface area contributed by atoms with E-state index in [4.69, 9.17) is 9.84 Å². The van der Waals surface area contributed by atoms with Gasteiger partial charge in [-0.05, 0) is 48.2 Å². The fourth-order valence-electron chi connectivity index (χ4n) is 5.80. The van der Waals surface area contributed by atoms with Crippen molar-refractivity contribution in [1.29, 1.82) is 0 Å². The molecule has 0 radical (unpaired) electrons. The number of halogens is 3. The van der Waals surface area contributed by atoms with Gasteiger partial charge in [0.25, 0.3) is 0 Å². The van der Waals surface area contributed by atoms with Crippen molar-refractivity contribution >= 4 is 16.7 Å². The summed E-state index contributed by atoms with van der Waals surface area (Å²) in [5.41, 5.74) is 2.64. The Balaban J connectivity index is 1.67. The van der Waals surface area contributed by atoms with Gasteiger partial charge in [0, 0.05) is 18.5 Å². The lowest BCUT2D eigenvalue weighted by Gasteiger charge is -2.37. The third kappa shape index (κ3) is 4.71. The molecule has 1 N–H and O–H groups in total. The minimum Gasteiger partial charge on any atom is -0.485 e. The van der Waals surface area contributed by atoms with Crippen LogP contribution in [0.3, 0.4) is 0 Å². The molecule has 1 aromatic heterocycles. The summed E-state index contributed by atoms with van der Waals surface area (Å²) in [5, 5.41) is 8.90. The smallest absolute Gasteiger partial charge is 0.191 e. The maximum atomic E-state index is 15.6. The average molecular weight is 578 g/mol. The first-order valence-electron chi connectivity index (χ1n) is 14.1. The SMILES string of the molecule is CNc1nn(C(c2ccccc2)(c2ccccc2)c2ccccc2)c2ccc(-c3c(F)cc(F)c(OC(C)C)c3F)cc12. The lowest BCUT2D eigenvalue weighted by Crippen LogP contribution is -2.38. The first kappa shape index (κ1) is 28.1. The molecular formula is C36H30F3N3O. The van der Waals surface area contributed by atoms with Crippen LogP contribution in [0.25, 0.3) is 22.0 Å². The van der Waals surface area contributed by atoms with E-state index in [1.807, 2.05) is 59.3 Å². The van der Waals surface area contributed by atoms with Gasteiger partial charge in [0.15, 0.2) is 23.2 Å². The Hall–Kier alpha value is -5.04. The Morgan fingerprint density at radius 1 is 0.721 bits per heavy atom. The van der Waals surface area contributed by atoms with Gasteiger partial charge in [-0.1, -0.05) is 97.1 Å². The molecule has 216 valence electrons. The lowest BCUT2D eigenvalue weighted by molar-refractivity contribution is 0.219. The Morgan fingerprint density at radius 3 is 1.74 bits per heavy atom. The topological polar surface area (TPSA) is 39.1 Å². The molecule has 0 atom stereocenters. The molecule has 0 aliphatic carbocycles. The largest absolute Gasteiger partial charge is 0.485 e. The molecule has 0 aliphatic rings. The van der Waals surface area contributed by atoms with Crippen LogP contribution in [0.15, 0.2) is 115 Å². The highest BCUT2D eigenvalue weighted by Crippen LogP contribution is 2.44. The number of nitrogens with zero attached hydrogens (tertiary/aromatic N) is 2. The molecule has 1 heterocycles. The van der Waals surface area contributed by atoms with Gasteiger partial charge in [0.05, 0.1) is 17.2 Å². The molecule has 43 heavy (non-hydrogen) atoms. The first-order valence-corrected chi connectivity index (χ1v) is 14.1. The average Bonchev–Trinajstić information content (AvgIpc) is 3.39. The molecule has 4 nitrogen and oxygen atoms in total. The minimum atomic E-state index is -1.09. The monoisotopic (exact) mass is 577 g/mol. The molecular weight excluding hydrogens is 547 g/mol. The first-order chi connectivity index (χ1) is 20.9. The van der Waals surface area contributed by atoms with Crippen LogP contribution >= 0.6 is 0 Å². The van der Waals surface area contributed by atoms with Crippen LogP contribution < -0.4 is 10.1 Å². The summed E-state index contributed by atoms with van der Waals surface area (Å²) >= 11 is 0. The third-order valence-corrected chi connectivity index (χ3v) is 7.58. The van der Waals surface area contributed by atoms with Crippen LogP contribution in [-0.4, -0.2) is 22.9 Å². The molecule has 0 fully saturated rings. The van der Waals surface area contributed by atoms with E-state index in [0.717, 1.165) is 22.2 Å². The number of rotatable bonds is 8. The standard InChI is InChI=1S/C36H30F3N3O/c1-23(2)43-34-30(38)22-29(37)32(33(34)39)24-19-20-31-28(21-24)35(40-3)41-42(31)36(25-13-7-4-8-14-25,26-15-9-5-10-16-26)27-17-11-6-12-18-27/h4-23H,1-3H3,(H,40,41). The predicted octanol–water partition coefficient (Wildman–Crippen LogP) is 8.79. The number of nitrogens with one attached hydrogen (secondary N) is 1. The van der Waals surface area contributed by atoms with Gasteiger partial charge >= 0.3 is 0 Å². The zero-order valence-corrected chi connectivity index (χ0v) is 24.0. The molecule has 7 heteroatoms. The van der Waals surface area contributed by atoms with E-state index in [1.54, 1.807) is 39.1 Å². The number of aromatic nitrogens is 2. The van der Waals surface area contributed by atoms with E-state index in [1.165, 1.54) is 0 Å². The van der Waals surface area contributed by atoms with E-state index in [9.17, 15) is 4.39 Å². The van der Waals surface area contributed by atoms with Crippen molar-refractivity contribution in [1.82, 2.24) is 9.78 Å². The fourth-order valence-corrected chi connectivity index (χ4v) is 5.80. The van der Waals surface area contributed by atoms with Crippen molar-refractivity contribution in [3.63, 3.8) is 0 Å². The molecule has 0 bridgehead atoms. The Morgan fingerprint density at radius 2 is 1.26 bits per heavy atom. The van der Waals surface area contributed by atoms with Gasteiger partial charge in [-0.3, -0.25) is 0 Å². The Labute approximate surface area is 248 Å². The number of ether oxygens (including phenoxy) is 1. The number of fused-ring (bicyclic) bond motifs is 1. The van der Waals surface area contributed by atoms with Gasteiger partial charge in [-0.25, -0.2) is 17.9 Å². The summed E-state index contributed by atoms with van der Waals surface area (Å²) in [5.74, 6) is -3.28. The summed E-state index contributed by atoms with van der Waals surface area (Å²) in [6, 6.07) is 36.1. The highest BCUT2D eigenvalue weighted by molar-refractivity contribution is 5.94. The number of hydrogen-bond acceptors (Lipinski definition) is 3. The molecule has 6 rings (SSSR count). The van der Waals surface area contributed by atoms with Crippen molar-refractivity contribution in [3.05, 3.63) is 149 Å². The van der Waals surface area contributed by atoms with Crippen molar-refractivity contribution in [3.8, 4) is 16.9 Å². The van der Waals surface area contributed by atoms with Crippen LogP contribution in [0, 0.1) is 17.5 Å². The number of benzene rings is 5. The number of anilines is 1. The van der Waals surface area contributed by atoms with E-state index >= 15 is 8.78 Å². The normalized spacial score (nSPS) is 11.7. The number of hydrogen-bond donors (Lipinski definition) is 1. The zero-order valence-electron chi connectivity index (χ0n) is 24.0. The van der Waals surface area contributed by atoms with Crippen molar-refractivity contribution in [2.45, 2.75) is 25.5 Å². The Kier molecular flexibility index (Phi) is 7.40. The van der Waals surface area contributed by atoms with E-state index < -0.39 is 34.8 Å². The van der Waals surface area contributed by atoms with Gasteiger partial charge < -0.3 is 10.1 Å². The van der Waals surface area contributed by atoms with Crippen molar-refractivity contribution in [2.24, 2.45) is 0 Å². The van der Waals surface area contributed by atoms with Crippen LogP contribution in [0.1, 0.15) is 30.5 Å². The molecule has 0 unspecified atom stereocenters. The molecule has 5 aromatic carbocycles. The maximum absolute atomic E-state index is 15.6. The summed E-state index contributed by atoms with van der Waals surface area (Å²) in [6.45, 7) is 3.31. The maximum Gasteiger partial charge on any atom is 0.191 e. The summed E-state index contributed by atoms with van der Waals surface area (Å²) < 4.78 is 52.7. The van der Waals surface area contributed by atoms with Gasteiger partial charge in [0.2, 0.25) is 0 Å². The minimum absolute atomic E-state index is 0.233. The Bertz CT molecular complexity index is 1790. The second-order valence-corrected chi connectivity index (χ2v) is 10.6. The van der Waals surface area contributed by atoms with E-state index in [0.29, 0.717) is 17.3 Å². The van der Waals surface area contributed by atoms with Crippen LogP contribution in [0.5, 0.6) is 5.75 Å². The quantitative estimate of drug-likeness (QED) is 0.184. The predicted molar refractivity (Wildman–Crippen MR) is 165 cm³/mol. The highest BCUT2D eigenvalue weighted by Gasteiger charge is 2.41. The third-order valence-electron chi connectivity index (χ3n) is 7.58. The van der Waals surface area contributed by atoms with Gasteiger partial charge in [0.1, 0.15) is 11.4 Å². The summed E-state index contributed by atoms with van der Waals surface area (Å²) in [4.78, 5) is 0. The molecule has 0 spiro atoms. The molecule has 0 aliphatic heterocycles. The van der Waals surface area contributed by atoms with Crippen molar-refractivity contribution < 1.29 is 17.9 Å². The van der Waals surface area contributed by atoms with E-state index in [2.05, 4.69) is 41.7 Å². The summed E-state index contributed by atoms with van der Waals surface area (Å²) in [7, 11) is 1.75. The zero-order chi connectivity index (χ0) is 30.1. The van der Waals surface area contributed by atoms with Crippen LogP contribution in [0.2, 0.25) is 0 Å². The fraction of sp³-hybridized carbons (Fsp3) is 0.139. The van der Waals surface area contributed by atoms with Gasteiger partial charge in [-0.2, -0.15) is 5.10 Å². The highest BCUT2D eigenvalue weighted by atomic mass is 19.1. The van der Waals surface area contributed by atoms with Crippen LogP contribution in [-0.2, 0) is 5.54 Å². The van der Waals surface area contributed by atoms with Gasteiger partial charge in [-0.15, -0.1) is 0 Å². The molecule has 0 saturated carbocycles. The van der Waals surface area contributed by atoms with Crippen LogP contribution in [0.4, 0.5) is 19.0 Å². The molecule has 0 saturated heterocycles.